The summed E-state index contributed by atoms with van der Waals surface area (Å²) in [7, 11) is -3.45. The number of carbonyl (C=O) groups is 1. The molecule has 2 heterocycles. The molecule has 1 aromatic carbocycles. The maximum Gasteiger partial charge on any atom is 0.252 e. The minimum atomic E-state index is -3.45. The van der Waals surface area contributed by atoms with Gasteiger partial charge < -0.3 is 5.32 Å². The molecule has 3 rings (SSSR count). The molecule has 1 aliphatic rings. The lowest BCUT2D eigenvalue weighted by atomic mass is 10.2. The van der Waals surface area contributed by atoms with Crippen LogP contribution < -0.4 is 5.32 Å². The van der Waals surface area contributed by atoms with Gasteiger partial charge in [-0.3, -0.25) is 9.69 Å². The smallest absolute Gasteiger partial charge is 0.252 e. The largest absolute Gasteiger partial charge is 0.324 e. The Morgan fingerprint density at radius 2 is 1.82 bits per heavy atom. The Kier molecular flexibility index (Phi) is 6.61. The molecular formula is C19H24BrN3O3S2. The number of halogens is 1. The van der Waals surface area contributed by atoms with Gasteiger partial charge in [0.1, 0.15) is 4.21 Å². The Morgan fingerprint density at radius 1 is 1.14 bits per heavy atom. The molecule has 152 valence electrons. The third kappa shape index (κ3) is 4.65. The van der Waals surface area contributed by atoms with Crippen LogP contribution in [0.1, 0.15) is 17.4 Å². The van der Waals surface area contributed by atoms with Crippen LogP contribution in [-0.4, -0.2) is 55.8 Å². The van der Waals surface area contributed by atoms with Crippen molar-refractivity contribution in [2.45, 2.75) is 31.0 Å². The fourth-order valence-electron chi connectivity index (χ4n) is 3.13. The van der Waals surface area contributed by atoms with Crippen LogP contribution in [0, 0.1) is 13.8 Å². The summed E-state index contributed by atoms with van der Waals surface area (Å²) in [4.78, 5) is 15.6. The van der Waals surface area contributed by atoms with Gasteiger partial charge >= 0.3 is 0 Å². The van der Waals surface area contributed by atoms with E-state index in [9.17, 15) is 13.2 Å². The topological polar surface area (TPSA) is 69.7 Å². The Labute approximate surface area is 178 Å². The van der Waals surface area contributed by atoms with Crippen LogP contribution >= 0.6 is 27.3 Å². The van der Waals surface area contributed by atoms with Gasteiger partial charge in [-0.2, -0.15) is 4.31 Å². The second kappa shape index (κ2) is 8.62. The van der Waals surface area contributed by atoms with Gasteiger partial charge in [-0.25, -0.2) is 8.42 Å². The van der Waals surface area contributed by atoms with Crippen molar-refractivity contribution in [3.8, 4) is 0 Å². The van der Waals surface area contributed by atoms with E-state index in [1.807, 2.05) is 49.9 Å². The van der Waals surface area contributed by atoms with Crippen LogP contribution in [-0.2, 0) is 14.8 Å². The SMILES string of the molecule is Cc1ccc(NC(=O)C(C)N2CCN(S(=O)(=O)c3ccc(C)s3)CC2)c(Br)c1. The zero-order valence-corrected chi connectivity index (χ0v) is 19.3. The highest BCUT2D eigenvalue weighted by Gasteiger charge is 2.32. The van der Waals surface area contributed by atoms with E-state index in [2.05, 4.69) is 21.2 Å². The van der Waals surface area contributed by atoms with Gasteiger partial charge in [0.05, 0.1) is 11.7 Å². The summed E-state index contributed by atoms with van der Waals surface area (Å²) in [6.07, 6.45) is 0. The second-order valence-electron chi connectivity index (χ2n) is 6.95. The highest BCUT2D eigenvalue weighted by atomic mass is 79.9. The molecule has 1 unspecified atom stereocenters. The van der Waals surface area contributed by atoms with E-state index in [1.165, 1.54) is 15.6 Å². The lowest BCUT2D eigenvalue weighted by Crippen LogP contribution is -2.53. The number of aryl methyl sites for hydroxylation is 2. The minimum absolute atomic E-state index is 0.102. The van der Waals surface area contributed by atoms with Crippen molar-refractivity contribution >= 4 is 48.9 Å². The zero-order chi connectivity index (χ0) is 20.5. The van der Waals surface area contributed by atoms with E-state index in [1.54, 1.807) is 6.07 Å². The average Bonchev–Trinajstić information content (AvgIpc) is 3.10. The second-order valence-corrected chi connectivity index (χ2v) is 11.3. The Morgan fingerprint density at radius 3 is 2.39 bits per heavy atom. The molecule has 1 amide bonds. The molecule has 0 bridgehead atoms. The molecule has 1 fully saturated rings. The van der Waals surface area contributed by atoms with Gasteiger partial charge in [0.25, 0.3) is 10.0 Å². The minimum Gasteiger partial charge on any atom is -0.324 e. The molecule has 1 aromatic heterocycles. The summed E-state index contributed by atoms with van der Waals surface area (Å²) in [5.41, 5.74) is 1.84. The number of piperazine rings is 1. The molecule has 0 spiro atoms. The molecular weight excluding hydrogens is 462 g/mol. The average molecular weight is 486 g/mol. The number of benzene rings is 1. The van der Waals surface area contributed by atoms with Gasteiger partial charge in [-0.05, 0) is 66.5 Å². The number of nitrogens with zero attached hydrogens (tertiary/aromatic N) is 2. The summed E-state index contributed by atoms with van der Waals surface area (Å²) in [6.45, 7) is 7.54. The van der Waals surface area contributed by atoms with Crippen molar-refractivity contribution in [1.82, 2.24) is 9.21 Å². The first-order valence-electron chi connectivity index (χ1n) is 9.06. The number of hydrogen-bond acceptors (Lipinski definition) is 5. The van der Waals surface area contributed by atoms with Crippen molar-refractivity contribution < 1.29 is 13.2 Å². The zero-order valence-electron chi connectivity index (χ0n) is 16.1. The third-order valence-electron chi connectivity index (χ3n) is 4.89. The summed E-state index contributed by atoms with van der Waals surface area (Å²) < 4.78 is 28.2. The fraction of sp³-hybridized carbons (Fsp3) is 0.421. The molecule has 0 aliphatic carbocycles. The number of rotatable bonds is 5. The summed E-state index contributed by atoms with van der Waals surface area (Å²) in [6, 6.07) is 8.91. The van der Waals surface area contributed by atoms with Gasteiger partial charge in [0, 0.05) is 35.5 Å². The number of sulfonamides is 1. The number of hydrogen-bond donors (Lipinski definition) is 1. The highest BCUT2D eigenvalue weighted by molar-refractivity contribution is 9.10. The number of nitrogens with one attached hydrogen (secondary N) is 1. The first-order chi connectivity index (χ1) is 13.2. The predicted molar refractivity (Wildman–Crippen MR) is 116 cm³/mol. The molecule has 1 saturated heterocycles. The standard InChI is InChI=1S/C19H24BrN3O3S2/c1-13-4-6-17(16(20)12-13)21-19(24)15(3)22-8-10-23(11-9-22)28(25,26)18-7-5-14(2)27-18/h4-7,12,15H,8-11H2,1-3H3,(H,21,24). The lowest BCUT2D eigenvalue weighted by molar-refractivity contribution is -0.121. The lowest BCUT2D eigenvalue weighted by Gasteiger charge is -2.36. The number of anilines is 1. The van der Waals surface area contributed by atoms with Crippen LogP contribution in [0.4, 0.5) is 5.69 Å². The summed E-state index contributed by atoms with van der Waals surface area (Å²) in [5.74, 6) is -0.102. The molecule has 2 aromatic rings. The van der Waals surface area contributed by atoms with Crippen LogP contribution in [0.2, 0.25) is 0 Å². The molecule has 1 atom stereocenters. The highest BCUT2D eigenvalue weighted by Crippen LogP contribution is 2.26. The van der Waals surface area contributed by atoms with Crippen LogP contribution in [0.3, 0.4) is 0 Å². The summed E-state index contributed by atoms with van der Waals surface area (Å²) in [5, 5.41) is 2.95. The van der Waals surface area contributed by atoms with Crippen LogP contribution in [0.5, 0.6) is 0 Å². The molecule has 1 N–H and O–H groups in total. The number of thiophene rings is 1. The van der Waals surface area contributed by atoms with Crippen molar-refractivity contribution in [2.75, 3.05) is 31.5 Å². The van der Waals surface area contributed by atoms with Crippen molar-refractivity contribution in [3.63, 3.8) is 0 Å². The fourth-order valence-corrected chi connectivity index (χ4v) is 6.59. The Hall–Kier alpha value is -1.26. The van der Waals surface area contributed by atoms with Crippen molar-refractivity contribution in [3.05, 3.63) is 45.2 Å². The molecule has 1 aliphatic heterocycles. The number of carbonyl (C=O) groups excluding carboxylic acids is 1. The van der Waals surface area contributed by atoms with E-state index in [0.29, 0.717) is 30.4 Å². The van der Waals surface area contributed by atoms with Gasteiger partial charge in [0.15, 0.2) is 0 Å². The molecule has 0 saturated carbocycles. The molecule has 6 nitrogen and oxygen atoms in total. The van der Waals surface area contributed by atoms with Gasteiger partial charge in [-0.15, -0.1) is 11.3 Å². The molecule has 0 radical (unpaired) electrons. The van der Waals surface area contributed by atoms with E-state index in [-0.39, 0.29) is 11.9 Å². The monoisotopic (exact) mass is 485 g/mol. The van der Waals surface area contributed by atoms with Crippen LogP contribution in [0.15, 0.2) is 39.0 Å². The van der Waals surface area contributed by atoms with E-state index in [0.717, 1.165) is 20.6 Å². The normalized spacial score (nSPS) is 17.4. The molecule has 9 heteroatoms. The third-order valence-corrected chi connectivity index (χ3v) is 8.92. The van der Waals surface area contributed by atoms with E-state index >= 15 is 0 Å². The summed E-state index contributed by atoms with van der Waals surface area (Å²) >= 11 is 4.77. The van der Waals surface area contributed by atoms with Crippen molar-refractivity contribution in [1.29, 1.82) is 0 Å². The Balaban J connectivity index is 1.60. The van der Waals surface area contributed by atoms with Gasteiger partial charge in [-0.1, -0.05) is 6.07 Å². The quantitative estimate of drug-likeness (QED) is 0.703. The maximum atomic E-state index is 12.8. The van der Waals surface area contributed by atoms with Crippen LogP contribution in [0.25, 0.3) is 0 Å². The first-order valence-corrected chi connectivity index (χ1v) is 12.1. The predicted octanol–water partition coefficient (Wildman–Crippen LogP) is 3.46. The first kappa shape index (κ1) is 21.4. The van der Waals surface area contributed by atoms with Gasteiger partial charge in [0.2, 0.25) is 5.91 Å². The molecule has 28 heavy (non-hydrogen) atoms. The van der Waals surface area contributed by atoms with E-state index in [4.69, 9.17) is 0 Å². The maximum absolute atomic E-state index is 12.8. The number of amides is 1. The van der Waals surface area contributed by atoms with E-state index < -0.39 is 10.0 Å². The Bertz CT molecular complexity index is 967. The van der Waals surface area contributed by atoms with Crippen molar-refractivity contribution in [2.24, 2.45) is 0 Å².